The number of rotatable bonds is 9. The summed E-state index contributed by atoms with van der Waals surface area (Å²) in [6.07, 6.45) is 0. The van der Waals surface area contributed by atoms with Gasteiger partial charge in [0.1, 0.15) is 24.2 Å². The van der Waals surface area contributed by atoms with Crippen LogP contribution in [0, 0.1) is 6.92 Å². The van der Waals surface area contributed by atoms with E-state index in [1.807, 2.05) is 79.0 Å². The predicted octanol–water partition coefficient (Wildman–Crippen LogP) is 7.41. The quantitative estimate of drug-likeness (QED) is 0.0610. The minimum Gasteiger partial charge on any atom is -0.507 e. The molecule has 1 unspecified atom stereocenters. The Bertz CT molecular complexity index is 1750. The van der Waals surface area contributed by atoms with Crippen molar-refractivity contribution in [1.82, 2.24) is 10.2 Å². The van der Waals surface area contributed by atoms with E-state index in [4.69, 9.17) is 4.74 Å². The molecule has 1 aliphatic heterocycles. The molecule has 0 aliphatic carbocycles. The van der Waals surface area contributed by atoms with Gasteiger partial charge in [0.2, 0.25) is 5.13 Å². The zero-order chi connectivity index (χ0) is 29.1. The second-order valence-electron chi connectivity index (χ2n) is 9.55. The van der Waals surface area contributed by atoms with E-state index in [9.17, 15) is 14.7 Å². The molecule has 1 fully saturated rings. The zero-order valence-corrected chi connectivity index (χ0v) is 24.9. The molecule has 3 heterocycles. The van der Waals surface area contributed by atoms with Crippen molar-refractivity contribution in [2.24, 2.45) is 0 Å². The van der Waals surface area contributed by atoms with Crippen molar-refractivity contribution in [1.29, 1.82) is 0 Å². The second kappa shape index (κ2) is 12.3. The molecule has 7 nitrogen and oxygen atoms in total. The Kier molecular flexibility index (Phi) is 8.18. The number of ether oxygens (including phenoxy) is 1. The minimum atomic E-state index is -0.818. The lowest BCUT2D eigenvalue weighted by Crippen LogP contribution is -2.29. The van der Waals surface area contributed by atoms with Crippen LogP contribution in [0.5, 0.6) is 5.75 Å². The number of aliphatic hydroxyl groups is 1. The average molecular weight is 612 g/mol. The number of carbonyl (C=O) groups is 2. The van der Waals surface area contributed by atoms with Crippen LogP contribution in [0.25, 0.3) is 5.76 Å². The number of amides is 1. The van der Waals surface area contributed by atoms with E-state index >= 15 is 0 Å². The van der Waals surface area contributed by atoms with Gasteiger partial charge in [0.05, 0.1) is 5.57 Å². The SMILES string of the molecule is Cc1ccccc1COc1ccc(/C(O)=C2\C(=O)C(=O)N(c3nnc(SCc4ccccc4)s3)C2c2cccs2)cc1. The summed E-state index contributed by atoms with van der Waals surface area (Å²) in [6.45, 7) is 2.44. The molecule has 1 atom stereocenters. The third-order valence-electron chi connectivity index (χ3n) is 6.85. The van der Waals surface area contributed by atoms with Crippen LogP contribution in [0.3, 0.4) is 0 Å². The normalized spacial score (nSPS) is 16.2. The number of thiophene rings is 1. The van der Waals surface area contributed by atoms with Crippen LogP contribution in [0.2, 0.25) is 0 Å². The number of Topliss-reactive ketones (excluding diaryl/α,β-unsaturated/α-hetero) is 1. The van der Waals surface area contributed by atoms with E-state index in [1.165, 1.54) is 39.3 Å². The van der Waals surface area contributed by atoms with Crippen LogP contribution in [0.4, 0.5) is 5.13 Å². The molecular formula is C32H25N3O4S3. The summed E-state index contributed by atoms with van der Waals surface area (Å²) in [5, 5.41) is 22.1. The number of carbonyl (C=O) groups excluding carboxylic acids is 2. The highest BCUT2D eigenvalue weighted by atomic mass is 32.2. The van der Waals surface area contributed by atoms with Crippen LogP contribution in [-0.2, 0) is 21.9 Å². The molecule has 5 aromatic rings. The van der Waals surface area contributed by atoms with Crippen molar-refractivity contribution in [2.75, 3.05) is 4.90 Å². The van der Waals surface area contributed by atoms with Gasteiger partial charge in [-0.3, -0.25) is 14.5 Å². The van der Waals surface area contributed by atoms with Gasteiger partial charge < -0.3 is 9.84 Å². The van der Waals surface area contributed by atoms with Gasteiger partial charge in [0.15, 0.2) is 4.34 Å². The summed E-state index contributed by atoms with van der Waals surface area (Å²) in [7, 11) is 0. The maximum Gasteiger partial charge on any atom is 0.301 e. The Morgan fingerprint density at radius 3 is 2.45 bits per heavy atom. The highest BCUT2D eigenvalue weighted by molar-refractivity contribution is 8.00. The smallest absolute Gasteiger partial charge is 0.301 e. The fourth-order valence-electron chi connectivity index (χ4n) is 4.62. The Labute approximate surface area is 255 Å². The monoisotopic (exact) mass is 611 g/mol. The lowest BCUT2D eigenvalue weighted by atomic mass is 10.00. The second-order valence-corrected chi connectivity index (χ2v) is 12.7. The van der Waals surface area contributed by atoms with Gasteiger partial charge in [-0.2, -0.15) is 0 Å². The molecule has 42 heavy (non-hydrogen) atoms. The first kappa shape index (κ1) is 27.9. The summed E-state index contributed by atoms with van der Waals surface area (Å²) < 4.78 is 6.62. The number of ketones is 1. The lowest BCUT2D eigenvalue weighted by molar-refractivity contribution is -0.132. The van der Waals surface area contributed by atoms with Gasteiger partial charge in [-0.25, -0.2) is 0 Å². The number of nitrogens with zero attached hydrogens (tertiary/aromatic N) is 3. The molecule has 1 aliphatic rings. The molecule has 10 heteroatoms. The summed E-state index contributed by atoms with van der Waals surface area (Å²) >= 11 is 4.16. The van der Waals surface area contributed by atoms with Crippen molar-refractivity contribution in [3.8, 4) is 5.75 Å². The highest BCUT2D eigenvalue weighted by Crippen LogP contribution is 2.45. The van der Waals surface area contributed by atoms with Crippen molar-refractivity contribution in [3.63, 3.8) is 0 Å². The standard InChI is InChI=1S/C32H25N3O4S3/c1-20-8-5-6-11-23(20)18-39-24-15-13-22(14-16-24)28(36)26-27(25-12-7-17-40-25)35(30(38)29(26)37)31-33-34-32(42-31)41-19-21-9-3-2-4-10-21/h2-17,27,36H,18-19H2,1H3/b28-26+. The first-order chi connectivity index (χ1) is 20.5. The molecule has 0 saturated carbocycles. The fourth-order valence-corrected chi connectivity index (χ4v) is 7.27. The molecule has 1 amide bonds. The number of aryl methyl sites for hydroxylation is 1. The van der Waals surface area contributed by atoms with Crippen molar-refractivity contribution < 1.29 is 19.4 Å². The van der Waals surface area contributed by atoms with E-state index in [0.717, 1.165) is 21.6 Å². The average Bonchev–Trinajstić information content (AvgIpc) is 3.77. The van der Waals surface area contributed by atoms with Crippen molar-refractivity contribution in [2.45, 2.75) is 29.7 Å². The van der Waals surface area contributed by atoms with Gasteiger partial charge in [-0.1, -0.05) is 83.8 Å². The number of aliphatic hydroxyl groups excluding tert-OH is 1. The molecule has 0 bridgehead atoms. The maximum atomic E-state index is 13.4. The van der Waals surface area contributed by atoms with Crippen LogP contribution >= 0.6 is 34.4 Å². The summed E-state index contributed by atoms with van der Waals surface area (Å²) in [5.74, 6) is -0.432. The maximum absolute atomic E-state index is 13.4. The molecule has 210 valence electrons. The van der Waals surface area contributed by atoms with Crippen molar-refractivity contribution >= 4 is 57.0 Å². The molecule has 1 saturated heterocycles. The van der Waals surface area contributed by atoms with Crippen molar-refractivity contribution in [3.05, 3.63) is 129 Å². The predicted molar refractivity (Wildman–Crippen MR) is 167 cm³/mol. The van der Waals surface area contributed by atoms with Gasteiger partial charge in [0, 0.05) is 16.2 Å². The minimum absolute atomic E-state index is 0.0183. The van der Waals surface area contributed by atoms with E-state index in [-0.39, 0.29) is 11.3 Å². The van der Waals surface area contributed by atoms with Crippen LogP contribution < -0.4 is 9.64 Å². The summed E-state index contributed by atoms with van der Waals surface area (Å²) in [4.78, 5) is 28.9. The van der Waals surface area contributed by atoms with E-state index < -0.39 is 17.7 Å². The summed E-state index contributed by atoms with van der Waals surface area (Å²) in [6, 6.07) is 27.7. The molecule has 0 spiro atoms. The van der Waals surface area contributed by atoms with Gasteiger partial charge in [-0.15, -0.1) is 21.5 Å². The molecule has 3 aromatic carbocycles. The van der Waals surface area contributed by atoms with Gasteiger partial charge in [-0.05, 0) is 59.3 Å². The Morgan fingerprint density at radius 1 is 0.952 bits per heavy atom. The lowest BCUT2D eigenvalue weighted by Gasteiger charge is -2.20. The third-order valence-corrected chi connectivity index (χ3v) is 9.90. The number of hydrogen-bond acceptors (Lipinski definition) is 9. The number of anilines is 1. The summed E-state index contributed by atoms with van der Waals surface area (Å²) in [5.41, 5.74) is 3.80. The molecule has 2 aromatic heterocycles. The Morgan fingerprint density at radius 2 is 1.71 bits per heavy atom. The molecule has 0 radical (unpaired) electrons. The van der Waals surface area contributed by atoms with E-state index in [1.54, 1.807) is 24.3 Å². The number of thioether (sulfide) groups is 1. The Balaban J connectivity index is 1.27. The largest absolute Gasteiger partial charge is 0.507 e. The van der Waals surface area contributed by atoms with Crippen LogP contribution in [0.1, 0.15) is 33.2 Å². The molecular weight excluding hydrogens is 587 g/mol. The van der Waals surface area contributed by atoms with Gasteiger partial charge in [0.25, 0.3) is 5.78 Å². The topological polar surface area (TPSA) is 92.6 Å². The Hall–Kier alpha value is -4.25. The van der Waals surface area contributed by atoms with Crippen LogP contribution in [0.15, 0.2) is 106 Å². The third kappa shape index (κ3) is 5.74. The molecule has 1 N–H and O–H groups in total. The van der Waals surface area contributed by atoms with Gasteiger partial charge >= 0.3 is 5.91 Å². The number of aromatic nitrogens is 2. The number of benzene rings is 3. The van der Waals surface area contributed by atoms with E-state index in [2.05, 4.69) is 10.2 Å². The first-order valence-electron chi connectivity index (χ1n) is 13.1. The van der Waals surface area contributed by atoms with E-state index in [0.29, 0.717) is 33.1 Å². The first-order valence-corrected chi connectivity index (χ1v) is 15.8. The zero-order valence-electron chi connectivity index (χ0n) is 22.5. The fraction of sp³-hybridized carbons (Fsp3) is 0.125. The number of hydrogen-bond donors (Lipinski definition) is 1. The van der Waals surface area contributed by atoms with Crippen LogP contribution in [-0.4, -0.2) is 27.0 Å². The molecule has 6 rings (SSSR count). The highest BCUT2D eigenvalue weighted by Gasteiger charge is 2.48.